The van der Waals surface area contributed by atoms with Crippen molar-refractivity contribution >= 4 is 176 Å². The average Bonchev–Trinajstić information content (AvgIpc) is 1.54. The molecule has 7 nitrogen and oxygen atoms in total. The molecule has 29 aromatic rings. The van der Waals surface area contributed by atoms with E-state index in [1.165, 1.54) is 187 Å². The highest BCUT2D eigenvalue weighted by atomic mass is 16.3. The lowest BCUT2D eigenvalue weighted by molar-refractivity contribution is 0.669. The highest BCUT2D eigenvalue weighted by Crippen LogP contribution is 2.49. The molecule has 0 aliphatic carbocycles. The second-order valence-corrected chi connectivity index (χ2v) is 36.6. The number of hydrogen-bond acceptors (Lipinski definition) is 3. The first-order chi connectivity index (χ1) is 68.9. The van der Waals surface area contributed by atoms with Crippen LogP contribution in [0.4, 0.5) is 34.1 Å². The van der Waals surface area contributed by atoms with Gasteiger partial charge in [-0.05, 0) is 278 Å². The van der Waals surface area contributed by atoms with Gasteiger partial charge in [0.25, 0.3) is 0 Å². The molecule has 0 bridgehead atoms. The zero-order chi connectivity index (χ0) is 91.3. The van der Waals surface area contributed by atoms with Crippen molar-refractivity contribution in [1.29, 1.82) is 0 Å². The Kier molecular flexibility index (Phi) is 18.3. The van der Waals surface area contributed by atoms with Crippen LogP contribution in [0.15, 0.2) is 514 Å². The fourth-order valence-electron chi connectivity index (χ4n) is 22.4. The number of anilines is 6. The molecule has 139 heavy (non-hydrogen) atoms. The van der Waals surface area contributed by atoms with Crippen LogP contribution in [0.3, 0.4) is 0 Å². The Bertz CT molecular complexity index is 9660. The Morgan fingerprint density at radius 2 is 0.360 bits per heavy atom. The summed E-state index contributed by atoms with van der Waals surface area (Å²) in [6.45, 7) is 0. The zero-order valence-electron chi connectivity index (χ0n) is 75.6. The van der Waals surface area contributed by atoms with E-state index in [1.54, 1.807) is 0 Å². The maximum atomic E-state index is 6.29. The summed E-state index contributed by atoms with van der Waals surface area (Å²) in [4.78, 5) is 4.74. The van der Waals surface area contributed by atoms with Crippen molar-refractivity contribution in [2.75, 3.05) is 9.80 Å². The summed E-state index contributed by atoms with van der Waals surface area (Å²) >= 11 is 0. The van der Waals surface area contributed by atoms with Crippen LogP contribution in [0.25, 0.3) is 231 Å². The predicted octanol–water partition coefficient (Wildman–Crippen LogP) is 36.4. The van der Waals surface area contributed by atoms with Gasteiger partial charge < -0.3 is 32.2 Å². The third-order valence-corrected chi connectivity index (χ3v) is 28.9. The maximum Gasteiger partial charge on any atom is 0.136 e. The van der Waals surface area contributed by atoms with Crippen LogP contribution in [0.1, 0.15) is 0 Å². The van der Waals surface area contributed by atoms with Crippen molar-refractivity contribution in [2.24, 2.45) is 0 Å². The van der Waals surface area contributed by atoms with Gasteiger partial charge in [-0.3, -0.25) is 0 Å². The van der Waals surface area contributed by atoms with Crippen LogP contribution in [0.2, 0.25) is 0 Å². The van der Waals surface area contributed by atoms with Gasteiger partial charge in [0.1, 0.15) is 11.2 Å². The summed E-state index contributed by atoms with van der Waals surface area (Å²) in [5, 5.41) is 17.5. The minimum Gasteiger partial charge on any atom is -0.456 e. The smallest absolute Gasteiger partial charge is 0.136 e. The Balaban J connectivity index is 0.000000137. The lowest BCUT2D eigenvalue weighted by Crippen LogP contribution is -2.09. The van der Waals surface area contributed by atoms with Gasteiger partial charge in [-0.2, -0.15) is 0 Å². The topological polar surface area (TPSA) is 38.3 Å². The normalized spacial score (nSPS) is 11.9. The fourth-order valence-corrected chi connectivity index (χ4v) is 22.4. The van der Waals surface area contributed by atoms with Gasteiger partial charge >= 0.3 is 0 Å². The summed E-state index contributed by atoms with van der Waals surface area (Å²) in [5.41, 5.74) is 39.6. The number of rotatable bonds is 15. The van der Waals surface area contributed by atoms with E-state index in [1.807, 2.05) is 12.1 Å². The lowest BCUT2D eigenvalue weighted by atomic mass is 9.98. The number of furan rings is 1. The summed E-state index contributed by atoms with van der Waals surface area (Å²) in [7, 11) is 0. The van der Waals surface area contributed by atoms with Gasteiger partial charge in [0.05, 0.1) is 55.2 Å². The van der Waals surface area contributed by atoms with E-state index >= 15 is 0 Å². The van der Waals surface area contributed by atoms with E-state index < -0.39 is 0 Å². The van der Waals surface area contributed by atoms with Crippen LogP contribution in [-0.2, 0) is 0 Å². The van der Waals surface area contributed by atoms with E-state index in [0.29, 0.717) is 0 Å². The molecule has 29 rings (SSSR count). The molecule has 0 spiro atoms. The van der Waals surface area contributed by atoms with Crippen molar-refractivity contribution in [3.05, 3.63) is 510 Å². The molecular formula is C132H84N6O. The summed E-state index contributed by atoms with van der Waals surface area (Å²) in [5.74, 6) is 0. The van der Waals surface area contributed by atoms with Crippen molar-refractivity contribution < 1.29 is 4.42 Å². The number of nitrogens with zero attached hydrogens (tertiary/aromatic N) is 6. The highest BCUT2D eigenvalue weighted by molar-refractivity contribution is 6.26. The fraction of sp³-hybridized carbons (Fsp3) is 0. The van der Waals surface area contributed by atoms with Crippen molar-refractivity contribution in [1.82, 2.24) is 17.9 Å². The van der Waals surface area contributed by atoms with Gasteiger partial charge in [0.15, 0.2) is 0 Å². The first kappa shape index (κ1) is 79.0. The van der Waals surface area contributed by atoms with E-state index in [-0.39, 0.29) is 0 Å². The summed E-state index contributed by atoms with van der Waals surface area (Å²) < 4.78 is 15.9. The Morgan fingerprint density at radius 1 is 0.137 bits per heavy atom. The van der Waals surface area contributed by atoms with Gasteiger partial charge in [-0.25, -0.2) is 0 Å². The van der Waals surface area contributed by atoms with Crippen LogP contribution >= 0.6 is 0 Å². The molecule has 22 aromatic carbocycles. The molecule has 7 heteroatoms. The van der Waals surface area contributed by atoms with Crippen LogP contribution in [0, 0.1) is 0 Å². The van der Waals surface area contributed by atoms with Crippen LogP contribution in [-0.4, -0.2) is 17.9 Å². The lowest BCUT2D eigenvalue weighted by Gasteiger charge is -2.26. The molecule has 0 saturated carbocycles. The molecule has 0 aliphatic rings. The third kappa shape index (κ3) is 13.0. The minimum absolute atomic E-state index is 0.897. The second kappa shape index (κ2) is 32.1. The maximum absolute atomic E-state index is 6.29. The molecule has 0 aliphatic heterocycles. The zero-order valence-corrected chi connectivity index (χ0v) is 75.6. The number of fused-ring (bicyclic) bond motifs is 21. The SMILES string of the molecule is c1ccc(-c2ccc(-c3ccc(N(c4ccc(-c5ccc6c(c5)c5ccccc5n6-c5ccccc5)cc4)c4ccc(-c5cc6c7ccccc7n7c8ccccc8c(c5)c67)cc4)cc3)cc2)cc1.c1ccc(-n2c3ccccc3c3cc(-c4ccc(N(c5ccc(-c6ccc7c(c6)oc6ccccc67)cc5)c5ccc(-c6cc7c8ccccc8n8c9ccccc9c(c6)c78)cc5)cc4)ccc32)cc1. The van der Waals surface area contributed by atoms with Crippen molar-refractivity contribution in [3.8, 4) is 89.3 Å². The van der Waals surface area contributed by atoms with Crippen LogP contribution in [0.5, 0.6) is 0 Å². The molecule has 7 aromatic heterocycles. The van der Waals surface area contributed by atoms with Gasteiger partial charge in [-0.15, -0.1) is 0 Å². The average molecular weight is 1770 g/mol. The van der Waals surface area contributed by atoms with Gasteiger partial charge in [0, 0.05) is 121 Å². The molecule has 0 radical (unpaired) electrons. The molecular weight excluding hydrogens is 1690 g/mol. The summed E-state index contributed by atoms with van der Waals surface area (Å²) in [6.07, 6.45) is 0. The summed E-state index contributed by atoms with van der Waals surface area (Å²) in [6, 6.07) is 186. The first-order valence-electron chi connectivity index (χ1n) is 47.7. The van der Waals surface area contributed by atoms with Gasteiger partial charge in [-0.1, -0.05) is 309 Å². The van der Waals surface area contributed by atoms with E-state index in [2.05, 4.69) is 525 Å². The number of aromatic nitrogens is 4. The molecule has 0 N–H and O–H groups in total. The molecule has 0 amide bonds. The van der Waals surface area contributed by atoms with Crippen molar-refractivity contribution in [2.45, 2.75) is 0 Å². The molecule has 0 saturated heterocycles. The number of benzene rings is 22. The molecule has 0 fully saturated rings. The predicted molar refractivity (Wildman–Crippen MR) is 586 cm³/mol. The largest absolute Gasteiger partial charge is 0.456 e. The molecule has 0 atom stereocenters. The monoisotopic (exact) mass is 1770 g/mol. The standard InChI is InChI=1S/C66H41N3O.C66H43N3/c1-2-12-48(13-3-1)68-60-18-8-4-14-52(60)57-38-45(29-37-63(57)68)42-22-30-49(31-23-42)67(50-32-24-43(25-33-50)46-28-36-56-55-17-7-11-21-64(55)70-65(56)41-46)51-34-26-44(27-35-51)47-39-58-53-15-5-9-19-61(53)69-62-20-10-6-16-54(62)59(40-47)66(58)69;1-3-13-44(14-4-1)45-23-25-46(26-24-45)47-27-34-53(35-28-47)67(54-36-29-48(30-37-54)50-33-40-65-59(41-50)56-17-7-10-20-62(56)68(65)52-15-5-2-6-16-52)55-38-31-49(32-39-55)51-42-60-57-18-8-11-21-63(57)69-64-22-12-9-19-58(64)61(43-51)66(60)69/h1-41H;1-43H. The Morgan fingerprint density at radius 3 is 0.705 bits per heavy atom. The van der Waals surface area contributed by atoms with Crippen molar-refractivity contribution in [3.63, 3.8) is 0 Å². The third-order valence-electron chi connectivity index (χ3n) is 28.9. The number of hydrogen-bond donors (Lipinski definition) is 0. The van der Waals surface area contributed by atoms with E-state index in [4.69, 9.17) is 4.42 Å². The highest BCUT2D eigenvalue weighted by Gasteiger charge is 2.25. The molecule has 0 unspecified atom stereocenters. The van der Waals surface area contributed by atoms with Crippen LogP contribution < -0.4 is 9.80 Å². The second-order valence-electron chi connectivity index (χ2n) is 36.6. The molecule has 648 valence electrons. The van der Waals surface area contributed by atoms with Gasteiger partial charge in [0.2, 0.25) is 0 Å². The first-order valence-corrected chi connectivity index (χ1v) is 47.7. The quantitative estimate of drug-likeness (QED) is 0.103. The Hall–Kier alpha value is -18.6. The van der Waals surface area contributed by atoms with E-state index in [9.17, 15) is 0 Å². The molecule has 7 heterocycles. The Labute approximate surface area is 801 Å². The minimum atomic E-state index is 0.897. The van der Waals surface area contributed by atoms with E-state index in [0.717, 1.165) is 78.6 Å². The number of para-hydroxylation sites is 9.